The van der Waals surface area contributed by atoms with E-state index in [4.69, 9.17) is 27.9 Å². The van der Waals surface area contributed by atoms with E-state index in [1.807, 2.05) is 78.9 Å². The molecule has 0 aliphatic carbocycles. The van der Waals surface area contributed by atoms with Crippen LogP contribution < -0.4 is 15.4 Å². The van der Waals surface area contributed by atoms with Gasteiger partial charge in [-0.05, 0) is 123 Å². The molecule has 1 aliphatic heterocycles. The summed E-state index contributed by atoms with van der Waals surface area (Å²) in [5.41, 5.74) is 3.39. The topological polar surface area (TPSA) is 86.5 Å². The molecule has 1 aliphatic rings. The van der Waals surface area contributed by atoms with Crippen LogP contribution >= 0.6 is 23.2 Å². The van der Waals surface area contributed by atoms with Crippen molar-refractivity contribution in [3.05, 3.63) is 135 Å². The second-order valence-corrected chi connectivity index (χ2v) is 13.8. The van der Waals surface area contributed by atoms with E-state index in [1.54, 1.807) is 25.3 Å². The van der Waals surface area contributed by atoms with Crippen LogP contribution in [0.1, 0.15) is 58.8 Å². The average Bonchev–Trinajstić information content (AvgIpc) is 3.57. The molecule has 0 spiro atoms. The van der Waals surface area contributed by atoms with Gasteiger partial charge in [0.2, 0.25) is 5.91 Å². The van der Waals surface area contributed by atoms with Gasteiger partial charge in [-0.3, -0.25) is 9.59 Å². The number of rotatable bonds is 13. The second kappa shape index (κ2) is 16.1. The predicted octanol–water partition coefficient (Wildman–Crippen LogP) is 8.11. The van der Waals surface area contributed by atoms with Gasteiger partial charge in [-0.15, -0.1) is 0 Å². The van der Waals surface area contributed by atoms with Gasteiger partial charge in [-0.25, -0.2) is 4.39 Å². The number of amides is 2. The third kappa shape index (κ3) is 8.32. The first-order chi connectivity index (χ1) is 24.2. The summed E-state index contributed by atoms with van der Waals surface area (Å²) in [6, 6.07) is 29.8. The highest BCUT2D eigenvalue weighted by Crippen LogP contribution is 2.38. The van der Waals surface area contributed by atoms with Crippen LogP contribution in [-0.2, 0) is 10.2 Å². The normalized spacial score (nSPS) is 14.1. The van der Waals surface area contributed by atoms with E-state index in [2.05, 4.69) is 20.5 Å². The molecule has 2 amide bonds. The smallest absolute Gasteiger partial charge is 0.268 e. The van der Waals surface area contributed by atoms with Crippen molar-refractivity contribution in [1.82, 2.24) is 20.5 Å². The van der Waals surface area contributed by atoms with Gasteiger partial charge in [-0.1, -0.05) is 65.7 Å². The molecule has 0 unspecified atom stereocenters. The predicted molar refractivity (Wildman–Crippen MR) is 198 cm³/mol. The summed E-state index contributed by atoms with van der Waals surface area (Å²) in [6.45, 7) is 2.77. The number of benzene rings is 4. The molecule has 0 radical (unpaired) electrons. The molecule has 7 nitrogen and oxygen atoms in total. The number of hydrogen-bond donors (Lipinski definition) is 3. The lowest BCUT2D eigenvalue weighted by molar-refractivity contribution is -0.120. The summed E-state index contributed by atoms with van der Waals surface area (Å²) in [4.78, 5) is 31.8. The van der Waals surface area contributed by atoms with Crippen molar-refractivity contribution in [3.8, 4) is 5.75 Å². The van der Waals surface area contributed by atoms with Crippen molar-refractivity contribution in [2.75, 3.05) is 39.8 Å². The highest BCUT2D eigenvalue weighted by molar-refractivity contribution is 6.30. The number of likely N-dealkylation sites (tertiary alicyclic amines) is 1. The molecular weight excluding hydrogens is 674 g/mol. The van der Waals surface area contributed by atoms with Crippen LogP contribution in [0.25, 0.3) is 10.9 Å². The van der Waals surface area contributed by atoms with Crippen LogP contribution in [0.3, 0.4) is 0 Å². The fourth-order valence-corrected chi connectivity index (χ4v) is 7.34. The molecule has 1 saturated heterocycles. The van der Waals surface area contributed by atoms with E-state index in [-0.39, 0.29) is 30.1 Å². The largest absolute Gasteiger partial charge is 0.497 e. The number of carbonyl (C=O) groups excluding carboxylic acids is 2. The number of ether oxygens (including phenoxy) is 1. The van der Waals surface area contributed by atoms with Gasteiger partial charge in [0.15, 0.2) is 0 Å². The highest BCUT2D eigenvalue weighted by atomic mass is 35.5. The molecule has 0 bridgehead atoms. The Morgan fingerprint density at radius 3 is 2.20 bits per heavy atom. The maximum absolute atomic E-state index is 14.5. The van der Waals surface area contributed by atoms with Gasteiger partial charge in [0.25, 0.3) is 5.91 Å². The van der Waals surface area contributed by atoms with Gasteiger partial charge in [-0.2, -0.15) is 0 Å². The maximum Gasteiger partial charge on any atom is 0.268 e. The second-order valence-electron chi connectivity index (χ2n) is 12.9. The number of nitrogens with zero attached hydrogens (tertiary/aromatic N) is 1. The number of hydrogen-bond acceptors (Lipinski definition) is 4. The molecule has 5 aromatic rings. The molecule has 0 saturated carbocycles. The molecule has 2 heterocycles. The number of carbonyl (C=O) groups is 2. The van der Waals surface area contributed by atoms with Gasteiger partial charge in [0.05, 0.1) is 13.7 Å². The van der Waals surface area contributed by atoms with E-state index >= 15 is 0 Å². The SMILES string of the molecule is COc1ccc2[nH]c(C(=O)NCC(=O)NCC(CCCN3CCC(c4ccccc4F)CC3)(c3ccc(Cl)cc3)c3ccc(Cl)cc3)cc2c1. The Morgan fingerprint density at radius 1 is 0.900 bits per heavy atom. The zero-order valence-electron chi connectivity index (χ0n) is 28.0. The van der Waals surface area contributed by atoms with Gasteiger partial charge in [0.1, 0.15) is 17.3 Å². The number of nitrogens with one attached hydrogen (secondary N) is 3. The zero-order valence-corrected chi connectivity index (χ0v) is 29.5. The number of methoxy groups -OCH3 is 1. The number of piperidine rings is 1. The van der Waals surface area contributed by atoms with E-state index in [0.29, 0.717) is 28.0 Å². The van der Waals surface area contributed by atoms with E-state index in [0.717, 1.165) is 72.9 Å². The standard InChI is InChI=1S/C40H41Cl2FN4O3/c1-50-33-15-16-36-28(23-33)24-37(46-36)39(49)44-25-38(48)45-26-40(29-7-11-31(41)12-8-29,30-9-13-32(42)14-10-30)19-4-20-47-21-17-27(18-22-47)34-5-2-3-6-35(34)43/h2-3,5-16,23-24,27,46H,4,17-22,25-26H2,1H3,(H,44,49)(H,45,48). The number of H-pyrrole nitrogens is 1. The summed E-state index contributed by atoms with van der Waals surface area (Å²) >= 11 is 12.6. The Balaban J connectivity index is 1.14. The lowest BCUT2D eigenvalue weighted by Gasteiger charge is -2.37. The van der Waals surface area contributed by atoms with Crippen LogP contribution in [0.4, 0.5) is 4.39 Å². The van der Waals surface area contributed by atoms with Crippen LogP contribution in [0.15, 0.2) is 97.1 Å². The average molecular weight is 716 g/mol. The minimum atomic E-state index is -0.601. The monoisotopic (exact) mass is 714 g/mol. The Hall–Kier alpha value is -4.37. The van der Waals surface area contributed by atoms with Crippen molar-refractivity contribution >= 4 is 45.9 Å². The molecular formula is C40H41Cl2FN4O3. The van der Waals surface area contributed by atoms with Crippen LogP contribution in [0.2, 0.25) is 10.0 Å². The van der Waals surface area contributed by atoms with E-state index in [1.165, 1.54) is 0 Å². The molecule has 3 N–H and O–H groups in total. The van der Waals surface area contributed by atoms with Crippen molar-refractivity contribution < 1.29 is 18.7 Å². The summed E-state index contributed by atoms with van der Waals surface area (Å²) in [6.07, 6.45) is 3.41. The first-order valence-electron chi connectivity index (χ1n) is 16.9. The zero-order chi connectivity index (χ0) is 35.1. The minimum Gasteiger partial charge on any atom is -0.497 e. The number of aromatic amines is 1. The summed E-state index contributed by atoms with van der Waals surface area (Å²) < 4.78 is 19.7. The van der Waals surface area contributed by atoms with E-state index in [9.17, 15) is 14.0 Å². The summed E-state index contributed by atoms with van der Waals surface area (Å²) in [5, 5.41) is 7.95. The number of aromatic nitrogens is 1. The lowest BCUT2D eigenvalue weighted by Crippen LogP contribution is -2.45. The quantitative estimate of drug-likeness (QED) is 0.115. The molecule has 6 rings (SSSR count). The van der Waals surface area contributed by atoms with Crippen molar-refractivity contribution in [2.24, 2.45) is 0 Å². The molecule has 4 aromatic carbocycles. The molecule has 260 valence electrons. The summed E-state index contributed by atoms with van der Waals surface area (Å²) in [7, 11) is 1.59. The third-order valence-electron chi connectivity index (χ3n) is 9.87. The van der Waals surface area contributed by atoms with Crippen molar-refractivity contribution in [2.45, 2.75) is 37.0 Å². The Kier molecular flexibility index (Phi) is 11.4. The van der Waals surface area contributed by atoms with Crippen molar-refractivity contribution in [3.63, 3.8) is 0 Å². The molecule has 10 heteroatoms. The van der Waals surface area contributed by atoms with Gasteiger partial charge in [0, 0.05) is 32.9 Å². The first kappa shape index (κ1) is 35.5. The number of fused-ring (bicyclic) bond motifs is 1. The van der Waals surface area contributed by atoms with Gasteiger partial charge < -0.3 is 25.3 Å². The molecule has 1 fully saturated rings. The summed E-state index contributed by atoms with van der Waals surface area (Å²) in [5.74, 6) is 0.110. The van der Waals surface area contributed by atoms with Crippen LogP contribution in [-0.4, -0.2) is 61.5 Å². The Morgan fingerprint density at radius 2 is 1.56 bits per heavy atom. The third-order valence-corrected chi connectivity index (χ3v) is 10.4. The fraction of sp³-hybridized carbons (Fsp3) is 0.300. The van der Waals surface area contributed by atoms with Gasteiger partial charge >= 0.3 is 0 Å². The Bertz CT molecular complexity index is 1880. The van der Waals surface area contributed by atoms with Crippen molar-refractivity contribution in [1.29, 1.82) is 0 Å². The molecule has 50 heavy (non-hydrogen) atoms. The lowest BCUT2D eigenvalue weighted by atomic mass is 9.71. The first-order valence-corrected chi connectivity index (χ1v) is 17.7. The Labute approximate surface area is 302 Å². The van der Waals surface area contributed by atoms with E-state index < -0.39 is 5.41 Å². The minimum absolute atomic E-state index is 0.123. The maximum atomic E-state index is 14.5. The van der Waals surface area contributed by atoms with Crippen LogP contribution in [0, 0.1) is 5.82 Å². The number of halogens is 3. The fourth-order valence-electron chi connectivity index (χ4n) is 7.09. The van der Waals surface area contributed by atoms with Crippen LogP contribution in [0.5, 0.6) is 5.75 Å². The molecule has 1 aromatic heterocycles. The molecule has 0 atom stereocenters. The highest BCUT2D eigenvalue weighted by Gasteiger charge is 2.35.